The van der Waals surface area contributed by atoms with Crippen molar-refractivity contribution in [2.24, 2.45) is 0 Å². The van der Waals surface area contributed by atoms with Crippen molar-refractivity contribution in [3.8, 4) is 5.75 Å². The van der Waals surface area contributed by atoms with Crippen molar-refractivity contribution in [1.29, 1.82) is 0 Å². The van der Waals surface area contributed by atoms with Crippen LogP contribution in [0, 0.1) is 0 Å². The average Bonchev–Trinajstić information content (AvgIpc) is 2.45. The monoisotopic (exact) mass is 343 g/mol. The van der Waals surface area contributed by atoms with Crippen molar-refractivity contribution in [3.63, 3.8) is 0 Å². The van der Waals surface area contributed by atoms with Gasteiger partial charge in [0.1, 0.15) is 11.5 Å². The second-order valence-corrected chi connectivity index (χ2v) is 7.19. The minimum absolute atomic E-state index is 0.0447. The molecule has 130 valence electrons. The minimum atomic E-state index is -3.74. The fourth-order valence-electron chi connectivity index (χ4n) is 1.77. The largest absolute Gasteiger partial charge is 0.491 e. The highest BCUT2D eigenvalue weighted by Gasteiger charge is 2.19. The smallest absolute Gasteiger partial charge is 0.241 e. The summed E-state index contributed by atoms with van der Waals surface area (Å²) < 4.78 is 32.0. The molecule has 23 heavy (non-hydrogen) atoms. The predicted molar refractivity (Wildman–Crippen MR) is 91.2 cm³/mol. The van der Waals surface area contributed by atoms with Gasteiger partial charge in [0.2, 0.25) is 15.9 Å². The highest BCUT2D eigenvalue weighted by atomic mass is 32.2. The molecular weight excluding hydrogens is 318 g/mol. The van der Waals surface area contributed by atoms with E-state index in [2.05, 4.69) is 10.0 Å². The molecule has 2 N–H and O–H groups in total. The maximum atomic E-state index is 12.0. The zero-order valence-corrected chi connectivity index (χ0v) is 14.8. The number of rotatable bonds is 9. The molecule has 1 amide bonds. The van der Waals surface area contributed by atoms with Crippen LogP contribution in [0.4, 0.5) is 5.69 Å². The second kappa shape index (κ2) is 8.73. The van der Waals surface area contributed by atoms with Crippen molar-refractivity contribution in [1.82, 2.24) is 10.2 Å². The number of sulfonamides is 1. The molecule has 1 aromatic carbocycles. The van der Waals surface area contributed by atoms with Gasteiger partial charge in [0.15, 0.2) is 0 Å². The van der Waals surface area contributed by atoms with E-state index in [1.54, 1.807) is 38.4 Å². The number of anilines is 1. The first-order chi connectivity index (χ1) is 10.7. The molecule has 0 saturated heterocycles. The lowest BCUT2D eigenvalue weighted by atomic mass is 10.3. The molecule has 0 aliphatic carbocycles. The normalized spacial score (nSPS) is 11.3. The molecule has 0 aliphatic heterocycles. The molecule has 1 aromatic rings. The third-order valence-electron chi connectivity index (χ3n) is 2.94. The van der Waals surface area contributed by atoms with Crippen LogP contribution in [-0.2, 0) is 14.8 Å². The highest BCUT2D eigenvalue weighted by molar-refractivity contribution is 7.93. The lowest BCUT2D eigenvalue weighted by Crippen LogP contribution is -2.37. The molecule has 0 saturated carbocycles. The van der Waals surface area contributed by atoms with Gasteiger partial charge in [0.05, 0.1) is 6.10 Å². The molecule has 0 aromatic heterocycles. The van der Waals surface area contributed by atoms with E-state index in [-0.39, 0.29) is 6.10 Å². The maximum Gasteiger partial charge on any atom is 0.241 e. The van der Waals surface area contributed by atoms with E-state index >= 15 is 0 Å². The van der Waals surface area contributed by atoms with Gasteiger partial charge in [-0.3, -0.25) is 9.52 Å². The van der Waals surface area contributed by atoms with Crippen molar-refractivity contribution < 1.29 is 17.9 Å². The summed E-state index contributed by atoms with van der Waals surface area (Å²) in [7, 11) is -0.398. The summed E-state index contributed by atoms with van der Waals surface area (Å²) in [6.45, 7) is 4.87. The number of carbonyl (C=O) groups is 1. The summed E-state index contributed by atoms with van der Waals surface area (Å²) in [5.41, 5.74) is 0.395. The van der Waals surface area contributed by atoms with Gasteiger partial charge >= 0.3 is 0 Å². The zero-order valence-electron chi connectivity index (χ0n) is 14.0. The van der Waals surface area contributed by atoms with E-state index in [0.717, 1.165) is 0 Å². The lowest BCUT2D eigenvalue weighted by Gasteiger charge is -2.17. The van der Waals surface area contributed by atoms with Gasteiger partial charge in [-0.15, -0.1) is 0 Å². The summed E-state index contributed by atoms with van der Waals surface area (Å²) in [6, 6.07) is 6.56. The van der Waals surface area contributed by atoms with Crippen molar-refractivity contribution in [2.45, 2.75) is 20.0 Å². The number of nitrogens with zero attached hydrogens (tertiary/aromatic N) is 1. The molecule has 0 unspecified atom stereocenters. The summed E-state index contributed by atoms with van der Waals surface area (Å²) in [5.74, 6) is -0.379. The molecule has 0 atom stereocenters. The Morgan fingerprint density at radius 3 is 2.39 bits per heavy atom. The summed E-state index contributed by atoms with van der Waals surface area (Å²) in [5, 5.41) is 2.90. The van der Waals surface area contributed by atoms with Gasteiger partial charge < -0.3 is 15.0 Å². The maximum absolute atomic E-state index is 12.0. The Morgan fingerprint density at radius 1 is 1.26 bits per heavy atom. The molecule has 0 fully saturated rings. The summed E-state index contributed by atoms with van der Waals surface area (Å²) >= 11 is 0. The predicted octanol–water partition coefficient (Wildman–Crippen LogP) is 0.893. The first-order valence-electron chi connectivity index (χ1n) is 7.39. The molecule has 0 spiro atoms. The third kappa shape index (κ3) is 7.34. The number of hydrogen-bond acceptors (Lipinski definition) is 5. The van der Waals surface area contributed by atoms with Gasteiger partial charge in [-0.05, 0) is 45.2 Å². The van der Waals surface area contributed by atoms with Crippen LogP contribution >= 0.6 is 0 Å². The molecule has 0 radical (unpaired) electrons. The van der Waals surface area contributed by atoms with Gasteiger partial charge in [-0.1, -0.05) is 0 Å². The first-order valence-corrected chi connectivity index (χ1v) is 9.04. The van der Waals surface area contributed by atoms with Gasteiger partial charge in [0, 0.05) is 25.8 Å². The molecule has 0 heterocycles. The molecule has 7 nitrogen and oxygen atoms in total. The van der Waals surface area contributed by atoms with Crippen LogP contribution in [0.5, 0.6) is 5.75 Å². The summed E-state index contributed by atoms with van der Waals surface area (Å²) in [4.78, 5) is 13.3. The second-order valence-electron chi connectivity index (χ2n) is 5.47. The Labute approximate surface area is 138 Å². The Bertz CT molecular complexity index is 600. The van der Waals surface area contributed by atoms with Crippen LogP contribution in [0.15, 0.2) is 24.3 Å². The Hall–Kier alpha value is -1.80. The van der Waals surface area contributed by atoms with Crippen LogP contribution in [0.2, 0.25) is 0 Å². The van der Waals surface area contributed by atoms with E-state index in [1.165, 1.54) is 4.90 Å². The SMILES string of the molecule is CNCCN(C)C(=O)CS(=O)(=O)Nc1ccc(OC(C)C)cc1. The number of nitrogens with one attached hydrogen (secondary N) is 2. The van der Waals surface area contributed by atoms with Crippen molar-refractivity contribution >= 4 is 21.6 Å². The van der Waals surface area contributed by atoms with E-state index in [9.17, 15) is 13.2 Å². The van der Waals surface area contributed by atoms with E-state index in [0.29, 0.717) is 24.5 Å². The van der Waals surface area contributed by atoms with Crippen LogP contribution in [-0.4, -0.2) is 58.3 Å². The Kier molecular flexibility index (Phi) is 7.31. The van der Waals surface area contributed by atoms with Gasteiger partial charge in [-0.25, -0.2) is 8.42 Å². The number of benzene rings is 1. The number of ether oxygens (including phenoxy) is 1. The van der Waals surface area contributed by atoms with E-state index in [1.807, 2.05) is 13.8 Å². The third-order valence-corrected chi connectivity index (χ3v) is 4.11. The number of hydrogen-bond donors (Lipinski definition) is 2. The van der Waals surface area contributed by atoms with Crippen LogP contribution in [0.25, 0.3) is 0 Å². The highest BCUT2D eigenvalue weighted by Crippen LogP contribution is 2.17. The Morgan fingerprint density at radius 2 is 1.87 bits per heavy atom. The zero-order chi connectivity index (χ0) is 17.5. The van der Waals surface area contributed by atoms with Crippen LogP contribution in [0.3, 0.4) is 0 Å². The lowest BCUT2D eigenvalue weighted by molar-refractivity contribution is -0.127. The number of carbonyl (C=O) groups excluding carboxylic acids is 1. The average molecular weight is 343 g/mol. The minimum Gasteiger partial charge on any atom is -0.491 e. The van der Waals surface area contributed by atoms with Gasteiger partial charge in [0.25, 0.3) is 0 Å². The summed E-state index contributed by atoms with van der Waals surface area (Å²) in [6.07, 6.45) is 0.0447. The molecule has 0 bridgehead atoms. The van der Waals surface area contributed by atoms with E-state index in [4.69, 9.17) is 4.74 Å². The standard InChI is InChI=1S/C15H25N3O4S/c1-12(2)22-14-7-5-13(6-8-14)17-23(20,21)11-15(19)18(4)10-9-16-3/h5-8,12,16-17H,9-11H2,1-4H3. The molecule has 8 heteroatoms. The molecule has 1 rings (SSSR count). The van der Waals surface area contributed by atoms with Crippen LogP contribution in [0.1, 0.15) is 13.8 Å². The molecular formula is C15H25N3O4S. The van der Waals surface area contributed by atoms with Gasteiger partial charge in [-0.2, -0.15) is 0 Å². The van der Waals surface area contributed by atoms with E-state index < -0.39 is 21.7 Å². The number of amides is 1. The number of likely N-dealkylation sites (N-methyl/N-ethyl adjacent to an activating group) is 2. The fourth-order valence-corrected chi connectivity index (χ4v) is 2.88. The molecule has 0 aliphatic rings. The fraction of sp³-hybridized carbons (Fsp3) is 0.533. The topological polar surface area (TPSA) is 87.7 Å². The Balaban J connectivity index is 2.62. The van der Waals surface area contributed by atoms with Crippen molar-refractivity contribution in [2.75, 3.05) is 37.7 Å². The van der Waals surface area contributed by atoms with Crippen LogP contribution < -0.4 is 14.8 Å². The quantitative estimate of drug-likeness (QED) is 0.695. The first kappa shape index (κ1) is 19.2. The van der Waals surface area contributed by atoms with Crippen molar-refractivity contribution in [3.05, 3.63) is 24.3 Å².